The average molecular weight is 461 g/mol. The third kappa shape index (κ3) is 4.29. The molecule has 1 aliphatic carbocycles. The van der Waals surface area contributed by atoms with E-state index < -0.39 is 6.09 Å². The minimum absolute atomic E-state index is 0.0162. The molecule has 2 aromatic carbocycles. The lowest BCUT2D eigenvalue weighted by Crippen LogP contribution is -2.26. The van der Waals surface area contributed by atoms with Crippen molar-refractivity contribution in [3.8, 4) is 11.1 Å². The van der Waals surface area contributed by atoms with Crippen LogP contribution in [0.3, 0.4) is 0 Å². The number of fused-ring (bicyclic) bond motifs is 3. The molecule has 1 N–H and O–H groups in total. The second-order valence-electron chi connectivity index (χ2n) is 6.60. The molecule has 1 aromatic heterocycles. The van der Waals surface area contributed by atoms with Gasteiger partial charge >= 0.3 is 6.09 Å². The molecule has 5 nitrogen and oxygen atoms in total. The highest BCUT2D eigenvalue weighted by atomic mass is 35.5. The highest BCUT2D eigenvalue weighted by molar-refractivity contribution is 6.37. The molecule has 0 atom stereocenters. The molecule has 4 rings (SSSR count). The van der Waals surface area contributed by atoms with Crippen molar-refractivity contribution in [2.75, 3.05) is 13.2 Å². The zero-order valence-corrected chi connectivity index (χ0v) is 17.9. The van der Waals surface area contributed by atoms with Crippen LogP contribution in [0.2, 0.25) is 15.6 Å². The van der Waals surface area contributed by atoms with E-state index in [1.165, 1.54) is 22.3 Å². The molecule has 152 valence electrons. The lowest BCUT2D eigenvalue weighted by molar-refractivity contribution is 0.144. The van der Waals surface area contributed by atoms with Gasteiger partial charge in [0, 0.05) is 18.0 Å². The first kappa shape index (κ1) is 20.7. The first-order valence-corrected chi connectivity index (χ1v) is 10.3. The van der Waals surface area contributed by atoms with Gasteiger partial charge in [-0.3, -0.25) is 0 Å². The van der Waals surface area contributed by atoms with Crippen LogP contribution < -0.4 is 5.32 Å². The van der Waals surface area contributed by atoms with Crippen molar-refractivity contribution in [3.05, 3.63) is 86.9 Å². The molecule has 1 aliphatic rings. The summed E-state index contributed by atoms with van der Waals surface area (Å²) >= 11 is 17.7. The number of hydrogen-bond acceptors (Lipinski definition) is 4. The number of carbonyl (C=O) groups is 1. The Balaban J connectivity index is 1.35. The predicted octanol–water partition coefficient (Wildman–Crippen LogP) is 5.99. The Morgan fingerprint density at radius 1 is 0.967 bits per heavy atom. The summed E-state index contributed by atoms with van der Waals surface area (Å²) < 4.78 is 5.48. The number of alkyl carbamates (subject to hydrolysis) is 1. The van der Waals surface area contributed by atoms with Gasteiger partial charge in [0.05, 0.1) is 0 Å². The number of benzene rings is 2. The largest absolute Gasteiger partial charge is 0.449 e. The Hall–Kier alpha value is -2.60. The van der Waals surface area contributed by atoms with Crippen LogP contribution in [-0.4, -0.2) is 29.2 Å². The molecule has 0 aliphatic heterocycles. The van der Waals surface area contributed by atoms with Crippen molar-refractivity contribution in [2.45, 2.75) is 5.92 Å². The number of nitrogens with one attached hydrogen (secondary N) is 1. The van der Waals surface area contributed by atoms with Gasteiger partial charge in [-0.25, -0.2) is 14.8 Å². The SMILES string of the molecule is O=C(NCC=Cc1c(Cl)nc(Cl)nc1Cl)OCC1c2ccccc2-c2ccccc21. The molecule has 30 heavy (non-hydrogen) atoms. The number of nitrogens with zero attached hydrogens (tertiary/aromatic N) is 2. The van der Waals surface area contributed by atoms with Gasteiger partial charge in [0.15, 0.2) is 0 Å². The second-order valence-corrected chi connectivity index (χ2v) is 7.65. The van der Waals surface area contributed by atoms with Crippen LogP contribution in [0.4, 0.5) is 4.79 Å². The smallest absolute Gasteiger partial charge is 0.407 e. The molecule has 0 spiro atoms. The lowest BCUT2D eigenvalue weighted by atomic mass is 9.98. The maximum absolute atomic E-state index is 12.2. The Bertz CT molecular complexity index is 1070. The molecule has 0 unspecified atom stereocenters. The standard InChI is InChI=1S/C22H16Cl3N3O2/c23-19-17(20(24)28-21(25)27-19)10-5-11-26-22(29)30-12-18-15-8-3-1-6-13(15)14-7-2-4-9-16(14)18/h1-10,18H,11-12H2,(H,26,29). The van der Waals surface area contributed by atoms with E-state index in [2.05, 4.69) is 39.6 Å². The van der Waals surface area contributed by atoms with Crippen LogP contribution in [0.15, 0.2) is 54.6 Å². The Morgan fingerprint density at radius 2 is 1.53 bits per heavy atom. The van der Waals surface area contributed by atoms with Crippen molar-refractivity contribution in [1.29, 1.82) is 0 Å². The molecule has 3 aromatic rings. The summed E-state index contributed by atoms with van der Waals surface area (Å²) in [6, 6.07) is 16.4. The topological polar surface area (TPSA) is 64.1 Å². The summed E-state index contributed by atoms with van der Waals surface area (Å²) in [6.45, 7) is 0.484. The van der Waals surface area contributed by atoms with Gasteiger partial charge in [0.1, 0.15) is 16.9 Å². The van der Waals surface area contributed by atoms with Crippen LogP contribution in [0, 0.1) is 0 Å². The average Bonchev–Trinajstić information content (AvgIpc) is 3.05. The van der Waals surface area contributed by atoms with Crippen molar-refractivity contribution >= 4 is 47.0 Å². The Labute approximate surface area is 188 Å². The van der Waals surface area contributed by atoms with Crippen LogP contribution in [0.1, 0.15) is 22.6 Å². The van der Waals surface area contributed by atoms with Gasteiger partial charge in [0.25, 0.3) is 0 Å². The minimum atomic E-state index is -0.508. The van der Waals surface area contributed by atoms with E-state index in [0.717, 1.165) is 0 Å². The maximum Gasteiger partial charge on any atom is 0.407 e. The van der Waals surface area contributed by atoms with Crippen LogP contribution >= 0.6 is 34.8 Å². The van der Waals surface area contributed by atoms with Gasteiger partial charge in [-0.05, 0) is 33.9 Å². The van der Waals surface area contributed by atoms with Gasteiger partial charge in [-0.15, -0.1) is 0 Å². The maximum atomic E-state index is 12.2. The van der Waals surface area contributed by atoms with Crippen LogP contribution in [0.5, 0.6) is 0 Å². The zero-order chi connectivity index (χ0) is 21.1. The predicted molar refractivity (Wildman–Crippen MR) is 119 cm³/mol. The zero-order valence-electron chi connectivity index (χ0n) is 15.6. The van der Waals surface area contributed by atoms with Crippen molar-refractivity contribution in [1.82, 2.24) is 15.3 Å². The highest BCUT2D eigenvalue weighted by Crippen LogP contribution is 2.44. The van der Waals surface area contributed by atoms with E-state index in [0.29, 0.717) is 5.56 Å². The summed E-state index contributed by atoms with van der Waals surface area (Å²) in [5, 5.41) is 2.92. The van der Waals surface area contributed by atoms with Crippen molar-refractivity contribution < 1.29 is 9.53 Å². The van der Waals surface area contributed by atoms with Gasteiger partial charge in [-0.1, -0.05) is 83.9 Å². The molecule has 0 saturated heterocycles. The Kier molecular flexibility index (Phi) is 6.23. The fourth-order valence-electron chi connectivity index (χ4n) is 3.50. The van der Waals surface area contributed by atoms with E-state index in [4.69, 9.17) is 39.5 Å². The van der Waals surface area contributed by atoms with Crippen molar-refractivity contribution in [2.24, 2.45) is 0 Å². The third-order valence-electron chi connectivity index (χ3n) is 4.82. The van der Waals surface area contributed by atoms with E-state index in [9.17, 15) is 4.79 Å². The number of rotatable bonds is 5. The molecule has 1 heterocycles. The van der Waals surface area contributed by atoms with Gasteiger partial charge < -0.3 is 10.1 Å². The van der Waals surface area contributed by atoms with Crippen LogP contribution in [0.25, 0.3) is 17.2 Å². The van der Waals surface area contributed by atoms with E-state index in [1.807, 2.05) is 24.3 Å². The molecule has 8 heteroatoms. The quantitative estimate of drug-likeness (QED) is 0.375. The molecular weight excluding hydrogens is 445 g/mol. The van der Waals surface area contributed by atoms with Crippen LogP contribution in [-0.2, 0) is 4.74 Å². The molecule has 0 radical (unpaired) electrons. The number of carbonyl (C=O) groups excluding carboxylic acids is 1. The first-order chi connectivity index (χ1) is 14.5. The first-order valence-electron chi connectivity index (χ1n) is 9.18. The lowest BCUT2D eigenvalue weighted by Gasteiger charge is -2.14. The number of hydrogen-bond donors (Lipinski definition) is 1. The summed E-state index contributed by atoms with van der Waals surface area (Å²) in [7, 11) is 0. The Morgan fingerprint density at radius 3 is 2.13 bits per heavy atom. The normalized spacial score (nSPS) is 12.6. The molecule has 0 fully saturated rings. The number of aromatic nitrogens is 2. The van der Waals surface area contributed by atoms with Gasteiger partial charge in [-0.2, -0.15) is 0 Å². The fourth-order valence-corrected chi connectivity index (χ4v) is 4.27. The van der Waals surface area contributed by atoms with E-state index in [1.54, 1.807) is 12.2 Å². The summed E-state index contributed by atoms with van der Waals surface area (Å²) in [6.07, 6.45) is 2.78. The summed E-state index contributed by atoms with van der Waals surface area (Å²) in [4.78, 5) is 19.8. The highest BCUT2D eigenvalue weighted by Gasteiger charge is 2.28. The molecule has 1 amide bonds. The minimum Gasteiger partial charge on any atom is -0.449 e. The number of ether oxygens (including phenoxy) is 1. The fraction of sp³-hybridized carbons (Fsp3) is 0.136. The van der Waals surface area contributed by atoms with E-state index >= 15 is 0 Å². The third-order valence-corrected chi connectivity index (χ3v) is 5.56. The van der Waals surface area contributed by atoms with Gasteiger partial charge in [0.2, 0.25) is 5.28 Å². The molecule has 0 bridgehead atoms. The summed E-state index contributed by atoms with van der Waals surface area (Å²) in [5.41, 5.74) is 5.13. The molecule has 0 saturated carbocycles. The monoisotopic (exact) mass is 459 g/mol. The van der Waals surface area contributed by atoms with Crippen molar-refractivity contribution in [3.63, 3.8) is 0 Å². The summed E-state index contributed by atoms with van der Waals surface area (Å²) in [5.74, 6) is 0.0162. The second kappa shape index (κ2) is 9.04. The molecular formula is C22H16Cl3N3O2. The number of halogens is 3. The number of amides is 1. The van der Waals surface area contributed by atoms with E-state index in [-0.39, 0.29) is 34.7 Å².